The fourth-order valence-corrected chi connectivity index (χ4v) is 2.91. The van der Waals surface area contributed by atoms with Crippen LogP contribution in [-0.4, -0.2) is 16.1 Å². The average molecular weight is 298 g/mol. The highest BCUT2D eigenvalue weighted by Crippen LogP contribution is 2.33. The van der Waals surface area contributed by atoms with Crippen LogP contribution in [0.2, 0.25) is 0 Å². The van der Waals surface area contributed by atoms with Crippen LogP contribution in [0.4, 0.5) is 0 Å². The third-order valence-corrected chi connectivity index (χ3v) is 3.62. The lowest BCUT2D eigenvalue weighted by molar-refractivity contribution is -0.136. The van der Waals surface area contributed by atoms with Gasteiger partial charge in [0, 0.05) is 0 Å². The van der Waals surface area contributed by atoms with E-state index in [4.69, 9.17) is 5.11 Å². The molecule has 3 nitrogen and oxygen atoms in total. The highest BCUT2D eigenvalue weighted by Gasteiger charge is 2.14. The van der Waals surface area contributed by atoms with Crippen molar-refractivity contribution in [2.75, 3.05) is 0 Å². The first-order valence-corrected chi connectivity index (χ1v) is 6.20. The van der Waals surface area contributed by atoms with Crippen LogP contribution in [0.15, 0.2) is 34.2 Å². The van der Waals surface area contributed by atoms with E-state index in [1.807, 2.05) is 30.3 Å². The number of carboxylic acid groups (broad SMARTS) is 1. The number of aliphatic carboxylic acids is 1. The number of carbonyl (C=O) groups is 1. The maximum Gasteiger partial charge on any atom is 0.309 e. The van der Waals surface area contributed by atoms with Crippen molar-refractivity contribution in [1.82, 2.24) is 4.98 Å². The van der Waals surface area contributed by atoms with Crippen LogP contribution < -0.4 is 0 Å². The molecule has 0 unspecified atom stereocenters. The van der Waals surface area contributed by atoms with E-state index in [9.17, 15) is 4.79 Å². The van der Waals surface area contributed by atoms with Crippen molar-refractivity contribution >= 4 is 33.2 Å². The van der Waals surface area contributed by atoms with Gasteiger partial charge >= 0.3 is 5.97 Å². The summed E-state index contributed by atoms with van der Waals surface area (Å²) in [6.07, 6.45) is -0.0493. The summed E-state index contributed by atoms with van der Waals surface area (Å²) in [6.45, 7) is 0. The summed E-state index contributed by atoms with van der Waals surface area (Å²) in [5.74, 6) is -0.866. The van der Waals surface area contributed by atoms with E-state index in [0.29, 0.717) is 9.61 Å². The van der Waals surface area contributed by atoms with Gasteiger partial charge in [0.1, 0.15) is 0 Å². The Labute approximate surface area is 105 Å². The van der Waals surface area contributed by atoms with Gasteiger partial charge in [0.05, 0.1) is 17.0 Å². The van der Waals surface area contributed by atoms with E-state index < -0.39 is 5.97 Å². The molecule has 0 saturated carbocycles. The monoisotopic (exact) mass is 297 g/mol. The third kappa shape index (κ3) is 2.48. The molecule has 2 aromatic rings. The molecule has 2 rings (SSSR count). The molecule has 0 aliphatic heterocycles. The summed E-state index contributed by atoms with van der Waals surface area (Å²) < 4.78 is 0.711. The van der Waals surface area contributed by atoms with Crippen LogP contribution in [0.3, 0.4) is 0 Å². The maximum atomic E-state index is 10.7. The van der Waals surface area contributed by atoms with Gasteiger partial charge in [-0.1, -0.05) is 30.3 Å². The normalized spacial score (nSPS) is 10.3. The number of thiazole rings is 1. The molecule has 0 amide bonds. The Bertz CT molecular complexity index is 510. The molecule has 1 heterocycles. The quantitative estimate of drug-likeness (QED) is 0.946. The summed E-state index contributed by atoms with van der Waals surface area (Å²) in [6, 6.07) is 9.67. The molecular weight excluding hydrogens is 290 g/mol. The van der Waals surface area contributed by atoms with Crippen molar-refractivity contribution < 1.29 is 9.90 Å². The molecule has 16 heavy (non-hydrogen) atoms. The minimum absolute atomic E-state index is 0.0493. The Morgan fingerprint density at radius 3 is 2.69 bits per heavy atom. The Kier molecular flexibility index (Phi) is 3.36. The minimum Gasteiger partial charge on any atom is -0.481 e. The molecule has 0 spiro atoms. The van der Waals surface area contributed by atoms with Gasteiger partial charge in [0.15, 0.2) is 3.92 Å². The number of hydrogen-bond donors (Lipinski definition) is 1. The average Bonchev–Trinajstić information content (AvgIpc) is 2.60. The molecule has 0 fully saturated rings. The van der Waals surface area contributed by atoms with Gasteiger partial charge < -0.3 is 5.11 Å². The zero-order valence-electron chi connectivity index (χ0n) is 8.18. The van der Waals surface area contributed by atoms with Crippen molar-refractivity contribution in [2.45, 2.75) is 6.42 Å². The van der Waals surface area contributed by atoms with E-state index >= 15 is 0 Å². The first-order chi connectivity index (χ1) is 7.66. The van der Waals surface area contributed by atoms with Crippen LogP contribution in [0.25, 0.3) is 10.4 Å². The fourth-order valence-electron chi connectivity index (χ4n) is 1.40. The van der Waals surface area contributed by atoms with Crippen molar-refractivity contribution in [3.63, 3.8) is 0 Å². The molecule has 1 aromatic carbocycles. The summed E-state index contributed by atoms with van der Waals surface area (Å²) >= 11 is 4.74. The van der Waals surface area contributed by atoms with Gasteiger partial charge in [-0.25, -0.2) is 4.98 Å². The van der Waals surface area contributed by atoms with Crippen LogP contribution in [-0.2, 0) is 11.2 Å². The Morgan fingerprint density at radius 2 is 2.06 bits per heavy atom. The highest BCUT2D eigenvalue weighted by atomic mass is 79.9. The standard InChI is InChI=1S/C11H8BrNO2S/c12-11-13-8(6-9(14)15)10(16-11)7-4-2-1-3-5-7/h1-5H,6H2,(H,14,15). The maximum absolute atomic E-state index is 10.7. The lowest BCUT2D eigenvalue weighted by Crippen LogP contribution is -2.01. The zero-order valence-corrected chi connectivity index (χ0v) is 10.6. The molecule has 0 radical (unpaired) electrons. The highest BCUT2D eigenvalue weighted by molar-refractivity contribution is 9.11. The molecule has 82 valence electrons. The minimum atomic E-state index is -0.866. The van der Waals surface area contributed by atoms with Gasteiger partial charge in [-0.15, -0.1) is 11.3 Å². The molecule has 0 aliphatic rings. The lowest BCUT2D eigenvalue weighted by Gasteiger charge is -1.99. The van der Waals surface area contributed by atoms with Crippen molar-refractivity contribution in [3.05, 3.63) is 39.9 Å². The Morgan fingerprint density at radius 1 is 1.38 bits per heavy atom. The van der Waals surface area contributed by atoms with E-state index in [2.05, 4.69) is 20.9 Å². The van der Waals surface area contributed by atoms with Crippen molar-refractivity contribution in [1.29, 1.82) is 0 Å². The molecule has 1 N–H and O–H groups in total. The van der Waals surface area contributed by atoms with Gasteiger partial charge in [-0.2, -0.15) is 0 Å². The Hall–Kier alpha value is -1.20. The van der Waals surface area contributed by atoms with E-state index in [1.54, 1.807) is 0 Å². The predicted molar refractivity (Wildman–Crippen MR) is 66.6 cm³/mol. The van der Waals surface area contributed by atoms with Gasteiger partial charge in [0.2, 0.25) is 0 Å². The lowest BCUT2D eigenvalue weighted by atomic mass is 10.1. The smallest absolute Gasteiger partial charge is 0.309 e. The fraction of sp³-hybridized carbons (Fsp3) is 0.0909. The summed E-state index contributed by atoms with van der Waals surface area (Å²) in [7, 11) is 0. The number of nitrogens with zero attached hydrogens (tertiary/aromatic N) is 1. The first kappa shape index (κ1) is 11.3. The molecule has 5 heteroatoms. The molecule has 0 atom stereocenters. The van der Waals surface area contributed by atoms with Crippen LogP contribution >= 0.6 is 27.3 Å². The predicted octanol–water partition coefficient (Wildman–Crippen LogP) is 3.20. The molecular formula is C11H8BrNO2S. The van der Waals surface area contributed by atoms with Gasteiger partial charge in [-0.05, 0) is 21.5 Å². The number of benzene rings is 1. The zero-order chi connectivity index (χ0) is 11.5. The first-order valence-electron chi connectivity index (χ1n) is 4.59. The van der Waals surface area contributed by atoms with E-state index in [0.717, 1.165) is 10.4 Å². The van der Waals surface area contributed by atoms with E-state index in [1.165, 1.54) is 11.3 Å². The summed E-state index contributed by atoms with van der Waals surface area (Å²) in [5.41, 5.74) is 1.61. The van der Waals surface area contributed by atoms with Crippen molar-refractivity contribution in [2.24, 2.45) is 0 Å². The van der Waals surface area contributed by atoms with Crippen LogP contribution in [0.5, 0.6) is 0 Å². The summed E-state index contributed by atoms with van der Waals surface area (Å²) in [5, 5.41) is 8.80. The Balaban J connectivity index is 2.44. The molecule has 0 aliphatic carbocycles. The molecule has 0 saturated heterocycles. The third-order valence-electron chi connectivity index (χ3n) is 2.03. The second kappa shape index (κ2) is 4.76. The van der Waals surface area contributed by atoms with Gasteiger partial charge in [-0.3, -0.25) is 4.79 Å². The molecule has 1 aromatic heterocycles. The second-order valence-corrected chi connectivity index (χ2v) is 5.45. The number of carboxylic acids is 1. The van der Waals surface area contributed by atoms with Crippen molar-refractivity contribution in [3.8, 4) is 10.4 Å². The number of rotatable bonds is 3. The van der Waals surface area contributed by atoms with Crippen LogP contribution in [0, 0.1) is 0 Å². The van der Waals surface area contributed by atoms with Gasteiger partial charge in [0.25, 0.3) is 0 Å². The summed E-state index contributed by atoms with van der Waals surface area (Å²) in [4.78, 5) is 15.8. The van der Waals surface area contributed by atoms with E-state index in [-0.39, 0.29) is 6.42 Å². The number of aromatic nitrogens is 1. The number of hydrogen-bond acceptors (Lipinski definition) is 3. The topological polar surface area (TPSA) is 50.2 Å². The number of halogens is 1. The second-order valence-electron chi connectivity index (χ2n) is 3.18. The SMILES string of the molecule is O=C(O)Cc1nc(Br)sc1-c1ccccc1. The molecule has 0 bridgehead atoms. The largest absolute Gasteiger partial charge is 0.481 e. The van der Waals surface area contributed by atoms with Crippen LogP contribution in [0.1, 0.15) is 5.69 Å².